The highest BCUT2D eigenvalue weighted by Gasteiger charge is 2.71. The van der Waals surface area contributed by atoms with Crippen molar-refractivity contribution in [2.75, 3.05) is 39.3 Å². The molecule has 1 N–H and O–H groups in total. The van der Waals surface area contributed by atoms with Crippen LogP contribution in [0.25, 0.3) is 0 Å². The molecular formula is C25H37N3O5. The topological polar surface area (TPSA) is 90.4 Å². The number of aliphatic hydroxyl groups excluding tert-OH is 1. The first-order valence-corrected chi connectivity index (χ1v) is 12.5. The molecule has 1 unspecified atom stereocenters. The maximum absolute atomic E-state index is 13.8. The molecule has 1 spiro atoms. The van der Waals surface area contributed by atoms with Gasteiger partial charge in [-0.1, -0.05) is 51.0 Å². The van der Waals surface area contributed by atoms with Gasteiger partial charge in [0.1, 0.15) is 11.6 Å². The lowest BCUT2D eigenvalue weighted by molar-refractivity contribution is -0.148. The third-order valence-electron chi connectivity index (χ3n) is 7.41. The molecule has 8 nitrogen and oxygen atoms in total. The van der Waals surface area contributed by atoms with Gasteiger partial charge in [0.2, 0.25) is 17.7 Å². The van der Waals surface area contributed by atoms with Crippen LogP contribution in [0, 0.1) is 11.8 Å². The van der Waals surface area contributed by atoms with Crippen LogP contribution >= 0.6 is 0 Å². The van der Waals surface area contributed by atoms with Gasteiger partial charge < -0.3 is 24.5 Å². The quantitative estimate of drug-likeness (QED) is 0.415. The Morgan fingerprint density at radius 3 is 2.42 bits per heavy atom. The van der Waals surface area contributed by atoms with E-state index in [9.17, 15) is 19.5 Å². The van der Waals surface area contributed by atoms with Crippen LogP contribution < -0.4 is 0 Å². The predicted octanol–water partition coefficient (Wildman–Crippen LogP) is 1.35. The number of carbonyl (C=O) groups excluding carboxylic acids is 3. The SMILES string of the molecule is CCCCCN1CC=C[C@]23O[C@@H]4C=CCN(CCC)C(=O)[C@@H]4[C@H]2C(=O)N(CCCO)C3C1=O. The Labute approximate surface area is 196 Å². The van der Waals surface area contributed by atoms with Crippen molar-refractivity contribution in [1.29, 1.82) is 0 Å². The van der Waals surface area contributed by atoms with Crippen LogP contribution in [0.3, 0.4) is 0 Å². The van der Waals surface area contributed by atoms with Crippen molar-refractivity contribution in [3.05, 3.63) is 24.3 Å². The minimum atomic E-state index is -1.16. The molecule has 3 amide bonds. The van der Waals surface area contributed by atoms with Crippen molar-refractivity contribution in [2.24, 2.45) is 11.8 Å². The second kappa shape index (κ2) is 9.97. The molecule has 2 saturated heterocycles. The second-order valence-corrected chi connectivity index (χ2v) is 9.56. The molecular weight excluding hydrogens is 422 g/mol. The van der Waals surface area contributed by atoms with Gasteiger partial charge >= 0.3 is 0 Å². The molecule has 2 fully saturated rings. The number of fused-ring (bicyclic) bond motifs is 2. The van der Waals surface area contributed by atoms with Crippen molar-refractivity contribution < 1.29 is 24.2 Å². The number of likely N-dealkylation sites (tertiary alicyclic amines) is 1. The third-order valence-corrected chi connectivity index (χ3v) is 7.41. The van der Waals surface area contributed by atoms with Gasteiger partial charge in [-0.2, -0.15) is 0 Å². The maximum atomic E-state index is 13.8. The van der Waals surface area contributed by atoms with E-state index in [4.69, 9.17) is 4.74 Å². The van der Waals surface area contributed by atoms with Gasteiger partial charge in [-0.05, 0) is 19.3 Å². The van der Waals surface area contributed by atoms with E-state index in [1.165, 1.54) is 0 Å². The van der Waals surface area contributed by atoms with E-state index in [-0.39, 0.29) is 30.9 Å². The molecule has 0 aromatic carbocycles. The molecule has 0 aliphatic carbocycles. The number of nitrogens with zero attached hydrogens (tertiary/aromatic N) is 3. The van der Waals surface area contributed by atoms with E-state index in [2.05, 4.69) is 6.92 Å². The standard InChI is InChI=1S/C25H37N3O5/c1-3-5-6-13-27-15-8-11-25-20(23(31)28(16-9-17-29)21(25)24(27)32)19-18(33-25)10-7-14-26(12-4-2)22(19)30/h7-8,10-11,18-21,29H,3-6,9,12-17H2,1-2H3/t18-,19+,20+,21?,25+/m1/s1. The highest BCUT2D eigenvalue weighted by atomic mass is 16.5. The molecule has 4 aliphatic heterocycles. The number of hydrogen-bond acceptors (Lipinski definition) is 5. The Hall–Kier alpha value is -2.19. The second-order valence-electron chi connectivity index (χ2n) is 9.56. The van der Waals surface area contributed by atoms with E-state index in [0.717, 1.165) is 25.7 Å². The van der Waals surface area contributed by atoms with Crippen LogP contribution in [0.1, 0.15) is 46.0 Å². The van der Waals surface area contributed by atoms with Gasteiger partial charge in [0.05, 0.1) is 17.9 Å². The first-order valence-electron chi connectivity index (χ1n) is 12.5. The van der Waals surface area contributed by atoms with Crippen molar-refractivity contribution in [1.82, 2.24) is 14.7 Å². The molecule has 5 atom stereocenters. The Morgan fingerprint density at radius 1 is 0.939 bits per heavy atom. The smallest absolute Gasteiger partial charge is 0.249 e. The van der Waals surface area contributed by atoms with Gasteiger partial charge in [0.15, 0.2) is 0 Å². The van der Waals surface area contributed by atoms with Crippen LogP contribution in [-0.2, 0) is 19.1 Å². The Morgan fingerprint density at radius 2 is 1.70 bits per heavy atom. The third kappa shape index (κ3) is 4.01. The molecule has 0 bridgehead atoms. The number of aliphatic hydroxyl groups is 1. The van der Waals surface area contributed by atoms with E-state index in [1.807, 2.05) is 36.1 Å². The molecule has 0 saturated carbocycles. The Balaban J connectivity index is 1.73. The van der Waals surface area contributed by atoms with Crippen molar-refractivity contribution in [2.45, 2.75) is 63.7 Å². The summed E-state index contributed by atoms with van der Waals surface area (Å²) in [5.41, 5.74) is -1.16. The number of rotatable bonds is 9. The molecule has 0 radical (unpaired) electrons. The lowest BCUT2D eigenvalue weighted by atomic mass is 9.77. The summed E-state index contributed by atoms with van der Waals surface area (Å²) in [5, 5.41) is 9.44. The largest absolute Gasteiger partial charge is 0.396 e. The van der Waals surface area contributed by atoms with Crippen molar-refractivity contribution >= 4 is 17.7 Å². The van der Waals surface area contributed by atoms with Crippen molar-refractivity contribution in [3.8, 4) is 0 Å². The first-order chi connectivity index (χ1) is 16.0. The predicted molar refractivity (Wildman–Crippen MR) is 123 cm³/mol. The molecule has 0 aromatic heterocycles. The average molecular weight is 460 g/mol. The summed E-state index contributed by atoms with van der Waals surface area (Å²) in [6.07, 6.45) is 11.3. The minimum Gasteiger partial charge on any atom is -0.396 e. The number of unbranched alkanes of at least 4 members (excludes halogenated alkanes) is 2. The summed E-state index contributed by atoms with van der Waals surface area (Å²) in [5.74, 6) is -1.79. The van der Waals surface area contributed by atoms with E-state index < -0.39 is 29.6 Å². The van der Waals surface area contributed by atoms with E-state index >= 15 is 0 Å². The molecule has 4 rings (SSSR count). The number of ether oxygens (including phenoxy) is 1. The summed E-state index contributed by atoms with van der Waals surface area (Å²) in [6.45, 7) is 6.58. The first kappa shape index (κ1) is 24.0. The average Bonchev–Trinajstić information content (AvgIpc) is 3.12. The summed E-state index contributed by atoms with van der Waals surface area (Å²) in [7, 11) is 0. The molecule has 33 heavy (non-hydrogen) atoms. The maximum Gasteiger partial charge on any atom is 0.249 e. The molecule has 8 heteroatoms. The zero-order chi connectivity index (χ0) is 23.6. The zero-order valence-electron chi connectivity index (χ0n) is 19.8. The number of amides is 3. The lowest BCUT2D eigenvalue weighted by Gasteiger charge is -2.35. The summed E-state index contributed by atoms with van der Waals surface area (Å²) < 4.78 is 6.57. The fourth-order valence-corrected chi connectivity index (χ4v) is 5.94. The van der Waals surface area contributed by atoms with Crippen LogP contribution in [0.5, 0.6) is 0 Å². The lowest BCUT2D eigenvalue weighted by Crippen LogP contribution is -2.55. The van der Waals surface area contributed by atoms with Crippen LogP contribution in [0.2, 0.25) is 0 Å². The summed E-state index contributed by atoms with van der Waals surface area (Å²) >= 11 is 0. The Kier molecular flexibility index (Phi) is 7.24. The highest BCUT2D eigenvalue weighted by Crippen LogP contribution is 2.53. The van der Waals surface area contributed by atoms with Gasteiger partial charge in [-0.15, -0.1) is 0 Å². The zero-order valence-corrected chi connectivity index (χ0v) is 19.8. The van der Waals surface area contributed by atoms with Gasteiger partial charge in [-0.3, -0.25) is 14.4 Å². The van der Waals surface area contributed by atoms with Gasteiger partial charge in [0.25, 0.3) is 0 Å². The van der Waals surface area contributed by atoms with Crippen molar-refractivity contribution in [3.63, 3.8) is 0 Å². The summed E-state index contributed by atoms with van der Waals surface area (Å²) in [6, 6.07) is -0.810. The summed E-state index contributed by atoms with van der Waals surface area (Å²) in [4.78, 5) is 46.4. The highest BCUT2D eigenvalue weighted by molar-refractivity contribution is 5.99. The number of carbonyl (C=O) groups is 3. The molecule has 0 aromatic rings. The fraction of sp³-hybridized carbons (Fsp3) is 0.720. The number of hydrogen-bond donors (Lipinski definition) is 1. The van der Waals surface area contributed by atoms with E-state index in [1.54, 1.807) is 9.80 Å². The normalized spacial score (nSPS) is 33.3. The van der Waals surface area contributed by atoms with Crippen LogP contribution in [-0.4, -0.2) is 94.6 Å². The van der Waals surface area contributed by atoms with Gasteiger partial charge in [0, 0.05) is 39.3 Å². The molecule has 4 aliphatic rings. The van der Waals surface area contributed by atoms with E-state index in [0.29, 0.717) is 32.6 Å². The fourth-order valence-electron chi connectivity index (χ4n) is 5.94. The van der Waals surface area contributed by atoms with Crippen LogP contribution in [0.15, 0.2) is 24.3 Å². The monoisotopic (exact) mass is 459 g/mol. The Bertz CT molecular complexity index is 827. The van der Waals surface area contributed by atoms with Gasteiger partial charge in [-0.25, -0.2) is 0 Å². The van der Waals surface area contributed by atoms with Crippen LogP contribution in [0.4, 0.5) is 0 Å². The molecule has 4 heterocycles. The minimum absolute atomic E-state index is 0.0722. The molecule has 182 valence electrons.